The van der Waals surface area contributed by atoms with Crippen molar-refractivity contribution in [2.45, 2.75) is 20.3 Å². The summed E-state index contributed by atoms with van der Waals surface area (Å²) in [4.78, 5) is 30.0. The van der Waals surface area contributed by atoms with Crippen LogP contribution >= 0.6 is 12.4 Å². The fourth-order valence-electron chi connectivity index (χ4n) is 3.97. The molecule has 1 fully saturated rings. The minimum absolute atomic E-state index is 0. The second-order valence-electron chi connectivity index (χ2n) is 8.05. The van der Waals surface area contributed by atoms with E-state index in [1.165, 1.54) is 0 Å². The van der Waals surface area contributed by atoms with Gasteiger partial charge in [-0.2, -0.15) is 0 Å². The number of aryl methyl sites for hydroxylation is 1. The first kappa shape index (κ1) is 25.3. The van der Waals surface area contributed by atoms with Gasteiger partial charge in [-0.3, -0.25) is 14.9 Å². The van der Waals surface area contributed by atoms with E-state index in [4.69, 9.17) is 0 Å². The number of amides is 1. The van der Waals surface area contributed by atoms with Gasteiger partial charge in [-0.15, -0.1) is 12.4 Å². The van der Waals surface area contributed by atoms with Crippen molar-refractivity contribution in [1.82, 2.24) is 4.90 Å². The summed E-state index contributed by atoms with van der Waals surface area (Å²) in [5, 5.41) is 14.9. The fourth-order valence-corrected chi connectivity index (χ4v) is 3.97. The van der Waals surface area contributed by atoms with E-state index in [0.29, 0.717) is 37.4 Å². The number of hydrogen-bond donors (Lipinski definition) is 1. The Hall–Kier alpha value is -3.00. The van der Waals surface area contributed by atoms with Crippen molar-refractivity contribution in [3.05, 3.63) is 57.6 Å². The lowest BCUT2D eigenvalue weighted by molar-refractivity contribution is -0.384. The summed E-state index contributed by atoms with van der Waals surface area (Å²) in [6.07, 6.45) is 0.982. The van der Waals surface area contributed by atoms with Gasteiger partial charge >= 0.3 is 0 Å². The molecule has 2 aromatic carbocycles. The highest BCUT2D eigenvalue weighted by Crippen LogP contribution is 2.35. The fraction of sp³-hybridized carbons (Fsp3) is 0.435. The van der Waals surface area contributed by atoms with Gasteiger partial charge in [0.15, 0.2) is 0 Å². The van der Waals surface area contributed by atoms with E-state index in [2.05, 4.69) is 28.1 Å². The molecule has 3 rings (SSSR count). The van der Waals surface area contributed by atoms with Crippen LogP contribution in [0.2, 0.25) is 0 Å². The van der Waals surface area contributed by atoms with Crippen molar-refractivity contribution < 1.29 is 9.72 Å². The number of rotatable bonds is 7. The molecule has 1 aliphatic rings. The smallest absolute Gasteiger partial charge is 0.292 e. The molecule has 0 aromatic heterocycles. The van der Waals surface area contributed by atoms with Gasteiger partial charge in [-0.05, 0) is 37.1 Å². The summed E-state index contributed by atoms with van der Waals surface area (Å²) in [6.45, 7) is 7.55. The molecule has 32 heavy (non-hydrogen) atoms. The maximum absolute atomic E-state index is 13.0. The van der Waals surface area contributed by atoms with E-state index in [9.17, 15) is 14.9 Å². The molecule has 0 aliphatic carbocycles. The van der Waals surface area contributed by atoms with Gasteiger partial charge in [0.2, 0.25) is 0 Å². The highest BCUT2D eigenvalue weighted by atomic mass is 35.5. The van der Waals surface area contributed by atoms with Gasteiger partial charge in [0.1, 0.15) is 5.69 Å². The third-order valence-electron chi connectivity index (χ3n) is 5.47. The molecule has 0 spiro atoms. The molecule has 0 bridgehead atoms. The number of nitrogens with one attached hydrogen (secondary N) is 1. The average Bonchev–Trinajstić information content (AvgIpc) is 2.76. The maximum Gasteiger partial charge on any atom is 0.292 e. The predicted molar refractivity (Wildman–Crippen MR) is 133 cm³/mol. The standard InChI is InChI=1S/C23H31N5O3.ClH/c1-5-10-24-19-16-17(2)15-18(23(29)25(3)4)22(19)27-13-11-26(12-14-27)20-8-6-7-9-21(20)28(30)31;/h6-9,15-16,24H,5,10-14H2,1-4H3;1H. The van der Waals surface area contributed by atoms with Crippen LogP contribution in [0.25, 0.3) is 0 Å². The molecular formula is C23H32ClN5O3. The minimum atomic E-state index is -0.331. The Balaban J connectivity index is 0.00000363. The van der Waals surface area contributed by atoms with E-state index in [1.54, 1.807) is 37.2 Å². The quantitative estimate of drug-likeness (QED) is 0.492. The number of anilines is 3. The molecule has 0 radical (unpaired) electrons. The van der Waals surface area contributed by atoms with Crippen LogP contribution in [-0.4, -0.2) is 62.5 Å². The lowest BCUT2D eigenvalue weighted by Crippen LogP contribution is -2.47. The number of hydrogen-bond acceptors (Lipinski definition) is 6. The van der Waals surface area contributed by atoms with E-state index in [1.807, 2.05) is 19.1 Å². The molecule has 0 atom stereocenters. The average molecular weight is 462 g/mol. The Morgan fingerprint density at radius 3 is 2.34 bits per heavy atom. The number of carbonyl (C=O) groups is 1. The number of piperazine rings is 1. The zero-order valence-corrected chi connectivity index (χ0v) is 19.9. The lowest BCUT2D eigenvalue weighted by atomic mass is 10.0. The molecule has 0 saturated carbocycles. The van der Waals surface area contributed by atoms with E-state index >= 15 is 0 Å². The number of nitro benzene ring substituents is 1. The molecule has 1 amide bonds. The highest BCUT2D eigenvalue weighted by molar-refractivity contribution is 6.03. The molecule has 1 aliphatic heterocycles. The molecule has 2 aromatic rings. The Morgan fingerprint density at radius 1 is 1.12 bits per heavy atom. The van der Waals surface area contributed by atoms with Crippen LogP contribution in [0.4, 0.5) is 22.7 Å². The van der Waals surface area contributed by atoms with Crippen molar-refractivity contribution in [3.8, 4) is 0 Å². The van der Waals surface area contributed by atoms with Crippen molar-refractivity contribution >= 4 is 41.1 Å². The third kappa shape index (κ3) is 5.43. The van der Waals surface area contributed by atoms with Crippen LogP contribution < -0.4 is 15.1 Å². The first-order chi connectivity index (χ1) is 14.8. The number of carbonyl (C=O) groups excluding carboxylic acids is 1. The second-order valence-corrected chi connectivity index (χ2v) is 8.05. The summed E-state index contributed by atoms with van der Waals surface area (Å²) in [5.74, 6) is -0.0284. The zero-order valence-electron chi connectivity index (χ0n) is 19.1. The number of nitrogens with zero attached hydrogens (tertiary/aromatic N) is 4. The summed E-state index contributed by atoms with van der Waals surface area (Å²) in [6, 6.07) is 10.9. The van der Waals surface area contributed by atoms with Crippen LogP contribution in [0.3, 0.4) is 0 Å². The second kappa shape index (κ2) is 11.0. The summed E-state index contributed by atoms with van der Waals surface area (Å²) in [7, 11) is 3.53. The molecule has 1 N–H and O–H groups in total. The summed E-state index contributed by atoms with van der Waals surface area (Å²) < 4.78 is 0. The van der Waals surface area contributed by atoms with Crippen LogP contribution in [0.1, 0.15) is 29.3 Å². The Kier molecular flexibility index (Phi) is 8.72. The molecular weight excluding hydrogens is 430 g/mol. The Labute approximate surface area is 195 Å². The SMILES string of the molecule is CCCNc1cc(C)cc(C(=O)N(C)C)c1N1CCN(c2ccccc2[N+](=O)[O-])CC1.Cl. The van der Waals surface area contributed by atoms with Crippen molar-refractivity contribution in [1.29, 1.82) is 0 Å². The minimum Gasteiger partial charge on any atom is -0.383 e. The Bertz CT molecular complexity index is 959. The Morgan fingerprint density at radius 2 is 1.75 bits per heavy atom. The van der Waals surface area contributed by atoms with Crippen molar-refractivity contribution in [2.24, 2.45) is 0 Å². The van der Waals surface area contributed by atoms with Crippen LogP contribution in [0.5, 0.6) is 0 Å². The zero-order chi connectivity index (χ0) is 22.5. The van der Waals surface area contributed by atoms with Gasteiger partial charge in [0.25, 0.3) is 11.6 Å². The van der Waals surface area contributed by atoms with E-state index < -0.39 is 0 Å². The number of halogens is 1. The van der Waals surface area contributed by atoms with Gasteiger partial charge in [-0.1, -0.05) is 19.1 Å². The predicted octanol–water partition coefficient (Wildman–Crippen LogP) is 4.18. The first-order valence-corrected chi connectivity index (χ1v) is 10.7. The van der Waals surface area contributed by atoms with E-state index in [0.717, 1.165) is 29.9 Å². The first-order valence-electron chi connectivity index (χ1n) is 10.7. The summed E-state index contributed by atoms with van der Waals surface area (Å²) in [5.41, 5.74) is 4.37. The molecule has 174 valence electrons. The van der Waals surface area contributed by atoms with Crippen molar-refractivity contribution in [2.75, 3.05) is 61.9 Å². The van der Waals surface area contributed by atoms with Crippen LogP contribution in [0.15, 0.2) is 36.4 Å². The largest absolute Gasteiger partial charge is 0.383 e. The molecule has 1 heterocycles. The number of para-hydroxylation sites is 2. The summed E-state index contributed by atoms with van der Waals surface area (Å²) >= 11 is 0. The lowest BCUT2D eigenvalue weighted by Gasteiger charge is -2.39. The number of benzene rings is 2. The van der Waals surface area contributed by atoms with Crippen LogP contribution in [-0.2, 0) is 0 Å². The van der Waals surface area contributed by atoms with E-state index in [-0.39, 0.29) is 28.9 Å². The third-order valence-corrected chi connectivity index (χ3v) is 5.47. The topological polar surface area (TPSA) is 82.0 Å². The molecule has 8 nitrogen and oxygen atoms in total. The van der Waals surface area contributed by atoms with Crippen LogP contribution in [0, 0.1) is 17.0 Å². The highest BCUT2D eigenvalue weighted by Gasteiger charge is 2.27. The van der Waals surface area contributed by atoms with Gasteiger partial charge in [0, 0.05) is 52.9 Å². The monoisotopic (exact) mass is 461 g/mol. The van der Waals surface area contributed by atoms with Gasteiger partial charge in [0.05, 0.1) is 21.9 Å². The van der Waals surface area contributed by atoms with Crippen molar-refractivity contribution in [3.63, 3.8) is 0 Å². The number of nitro groups is 1. The molecule has 9 heteroatoms. The molecule has 1 saturated heterocycles. The van der Waals surface area contributed by atoms with Gasteiger partial charge < -0.3 is 20.0 Å². The maximum atomic E-state index is 13.0. The normalized spacial score (nSPS) is 13.4. The van der Waals surface area contributed by atoms with Gasteiger partial charge in [-0.25, -0.2) is 0 Å². The molecule has 0 unspecified atom stereocenters.